The second-order valence-electron chi connectivity index (χ2n) is 4.28. The Morgan fingerprint density at radius 3 is 2.70 bits per heavy atom. The minimum Gasteiger partial charge on any atom is -0.396 e. The molecule has 1 heterocycles. The van der Waals surface area contributed by atoms with Crippen molar-refractivity contribution in [3.05, 3.63) is 46.6 Å². The number of aliphatic hydroxyl groups is 1. The number of aliphatic hydroxyl groups excluding tert-OH is 1. The molecule has 0 spiro atoms. The van der Waals surface area contributed by atoms with Crippen LogP contribution in [-0.2, 0) is 16.4 Å². The van der Waals surface area contributed by atoms with E-state index in [1.165, 1.54) is 18.2 Å². The highest BCUT2D eigenvalue weighted by Crippen LogP contribution is 2.25. The number of hydrogen-bond acceptors (Lipinski definition) is 4. The van der Waals surface area contributed by atoms with Gasteiger partial charge in [-0.3, -0.25) is 4.72 Å². The summed E-state index contributed by atoms with van der Waals surface area (Å²) in [5, 5.41) is 8.82. The monoisotopic (exact) mass is 315 g/mol. The molecule has 0 atom stereocenters. The zero-order valence-corrected chi connectivity index (χ0v) is 12.4. The predicted molar refractivity (Wildman–Crippen MR) is 77.1 cm³/mol. The van der Waals surface area contributed by atoms with Crippen molar-refractivity contribution in [3.63, 3.8) is 0 Å². The minimum atomic E-state index is -3.80. The maximum Gasteiger partial charge on any atom is 0.271 e. The third kappa shape index (κ3) is 3.36. The number of thiophene rings is 1. The van der Waals surface area contributed by atoms with E-state index in [9.17, 15) is 12.8 Å². The summed E-state index contributed by atoms with van der Waals surface area (Å²) in [6, 6.07) is 7.38. The summed E-state index contributed by atoms with van der Waals surface area (Å²) in [6.07, 6.45) is 0.402. The Bertz CT molecular complexity index is 710. The van der Waals surface area contributed by atoms with E-state index in [1.807, 2.05) is 0 Å². The molecule has 0 saturated carbocycles. The molecule has 0 saturated heterocycles. The Labute approximate surface area is 120 Å². The molecule has 4 nitrogen and oxygen atoms in total. The number of halogens is 1. The van der Waals surface area contributed by atoms with Crippen LogP contribution in [0.2, 0.25) is 0 Å². The quantitative estimate of drug-likeness (QED) is 0.891. The van der Waals surface area contributed by atoms with Crippen molar-refractivity contribution in [2.45, 2.75) is 17.6 Å². The number of benzene rings is 1. The molecule has 0 aliphatic carbocycles. The second kappa shape index (κ2) is 5.90. The Balaban J connectivity index is 2.26. The topological polar surface area (TPSA) is 66.4 Å². The molecular weight excluding hydrogens is 301 g/mol. The summed E-state index contributed by atoms with van der Waals surface area (Å²) in [6.45, 7) is 1.68. The van der Waals surface area contributed by atoms with Gasteiger partial charge in [-0.05, 0) is 36.8 Å². The Hall–Kier alpha value is -1.44. The van der Waals surface area contributed by atoms with Gasteiger partial charge in [-0.1, -0.05) is 6.07 Å². The molecule has 108 valence electrons. The molecule has 2 N–H and O–H groups in total. The largest absolute Gasteiger partial charge is 0.396 e. The van der Waals surface area contributed by atoms with Crippen molar-refractivity contribution in [3.8, 4) is 0 Å². The average Bonchev–Trinajstić information content (AvgIpc) is 2.83. The van der Waals surface area contributed by atoms with Crippen LogP contribution in [0.4, 0.5) is 10.1 Å². The molecular formula is C13H14FNO3S2. The highest BCUT2D eigenvalue weighted by Gasteiger charge is 2.18. The lowest BCUT2D eigenvalue weighted by atomic mass is 10.2. The standard InChI is InChI=1S/C13H14FNO3S2/c1-9-2-4-12(11(14)8-9)15-20(17,18)13-5-3-10(19-13)6-7-16/h2-5,8,15-16H,6-7H2,1H3. The van der Waals surface area contributed by atoms with Crippen molar-refractivity contribution < 1.29 is 17.9 Å². The van der Waals surface area contributed by atoms with E-state index in [0.717, 1.165) is 16.2 Å². The van der Waals surface area contributed by atoms with Crippen LogP contribution < -0.4 is 4.72 Å². The summed E-state index contributed by atoms with van der Waals surface area (Å²) in [5.41, 5.74) is 0.638. The van der Waals surface area contributed by atoms with E-state index in [2.05, 4.69) is 4.72 Å². The number of anilines is 1. The SMILES string of the molecule is Cc1ccc(NS(=O)(=O)c2ccc(CCO)s2)c(F)c1. The lowest BCUT2D eigenvalue weighted by Gasteiger charge is -2.07. The first-order valence-electron chi connectivity index (χ1n) is 5.91. The van der Waals surface area contributed by atoms with E-state index in [4.69, 9.17) is 5.11 Å². The fourth-order valence-electron chi connectivity index (χ4n) is 1.65. The molecule has 0 unspecified atom stereocenters. The smallest absolute Gasteiger partial charge is 0.271 e. The van der Waals surface area contributed by atoms with Crippen LogP contribution in [0, 0.1) is 12.7 Å². The number of sulfonamides is 1. The van der Waals surface area contributed by atoms with Gasteiger partial charge < -0.3 is 5.11 Å². The van der Waals surface area contributed by atoms with Crippen LogP contribution in [0.3, 0.4) is 0 Å². The van der Waals surface area contributed by atoms with Gasteiger partial charge in [-0.2, -0.15) is 0 Å². The van der Waals surface area contributed by atoms with Crippen LogP contribution >= 0.6 is 11.3 Å². The molecule has 20 heavy (non-hydrogen) atoms. The Morgan fingerprint density at radius 1 is 1.30 bits per heavy atom. The van der Waals surface area contributed by atoms with E-state index in [0.29, 0.717) is 12.0 Å². The van der Waals surface area contributed by atoms with E-state index in [1.54, 1.807) is 19.1 Å². The van der Waals surface area contributed by atoms with Crippen LogP contribution in [0.25, 0.3) is 0 Å². The Kier molecular flexibility index (Phi) is 4.42. The number of hydrogen-bond donors (Lipinski definition) is 2. The maximum atomic E-state index is 13.7. The molecule has 1 aromatic heterocycles. The third-order valence-corrected chi connectivity index (χ3v) is 5.63. The molecule has 0 bridgehead atoms. The fraction of sp³-hybridized carbons (Fsp3) is 0.231. The first-order chi connectivity index (χ1) is 9.42. The van der Waals surface area contributed by atoms with Gasteiger partial charge in [0, 0.05) is 17.9 Å². The van der Waals surface area contributed by atoms with Gasteiger partial charge in [0.25, 0.3) is 10.0 Å². The zero-order valence-electron chi connectivity index (χ0n) is 10.8. The highest BCUT2D eigenvalue weighted by atomic mass is 32.2. The van der Waals surface area contributed by atoms with Gasteiger partial charge in [-0.15, -0.1) is 11.3 Å². The predicted octanol–water partition coefficient (Wildman–Crippen LogP) is 2.53. The van der Waals surface area contributed by atoms with Gasteiger partial charge in [0.2, 0.25) is 0 Å². The summed E-state index contributed by atoms with van der Waals surface area (Å²) in [5.74, 6) is -0.610. The van der Waals surface area contributed by atoms with Gasteiger partial charge in [-0.25, -0.2) is 12.8 Å². The van der Waals surface area contributed by atoms with Gasteiger partial charge in [0.15, 0.2) is 0 Å². The number of rotatable bonds is 5. The third-order valence-electron chi connectivity index (χ3n) is 2.63. The van der Waals surface area contributed by atoms with E-state index >= 15 is 0 Å². The van der Waals surface area contributed by atoms with Gasteiger partial charge in [0.1, 0.15) is 10.0 Å². The van der Waals surface area contributed by atoms with Crippen LogP contribution in [0.15, 0.2) is 34.5 Å². The molecule has 0 amide bonds. The van der Waals surface area contributed by atoms with Crippen LogP contribution in [0.5, 0.6) is 0 Å². The van der Waals surface area contributed by atoms with Crippen molar-refractivity contribution in [1.29, 1.82) is 0 Å². The second-order valence-corrected chi connectivity index (χ2v) is 7.36. The molecule has 1 aromatic carbocycles. The van der Waals surface area contributed by atoms with Crippen LogP contribution in [0.1, 0.15) is 10.4 Å². The van der Waals surface area contributed by atoms with Gasteiger partial charge in [0.05, 0.1) is 5.69 Å². The van der Waals surface area contributed by atoms with Crippen molar-refractivity contribution >= 4 is 27.0 Å². The Morgan fingerprint density at radius 2 is 2.05 bits per heavy atom. The van der Waals surface area contributed by atoms with Crippen molar-refractivity contribution in [2.75, 3.05) is 11.3 Å². The molecule has 0 aliphatic rings. The minimum absolute atomic E-state index is 0.0416. The first kappa shape index (κ1) is 15.0. The molecule has 0 radical (unpaired) electrons. The maximum absolute atomic E-state index is 13.7. The molecule has 2 rings (SSSR count). The molecule has 0 aliphatic heterocycles. The summed E-state index contributed by atoms with van der Waals surface area (Å²) < 4.78 is 40.2. The van der Waals surface area contributed by atoms with Crippen molar-refractivity contribution in [2.24, 2.45) is 0 Å². The van der Waals surface area contributed by atoms with Crippen molar-refractivity contribution in [1.82, 2.24) is 0 Å². The summed E-state index contributed by atoms with van der Waals surface area (Å²) in [7, 11) is -3.80. The normalized spacial score (nSPS) is 11.6. The summed E-state index contributed by atoms with van der Waals surface area (Å²) >= 11 is 1.06. The van der Waals surface area contributed by atoms with E-state index in [-0.39, 0.29) is 16.5 Å². The lowest BCUT2D eigenvalue weighted by molar-refractivity contribution is 0.300. The van der Waals surface area contributed by atoms with Crippen LogP contribution in [-0.4, -0.2) is 20.1 Å². The first-order valence-corrected chi connectivity index (χ1v) is 8.21. The molecule has 2 aromatic rings. The zero-order chi connectivity index (χ0) is 14.8. The molecule has 7 heteroatoms. The van der Waals surface area contributed by atoms with E-state index < -0.39 is 15.8 Å². The average molecular weight is 315 g/mol. The molecule has 0 fully saturated rings. The highest BCUT2D eigenvalue weighted by molar-refractivity contribution is 7.94. The number of aryl methyl sites for hydroxylation is 1. The lowest BCUT2D eigenvalue weighted by Crippen LogP contribution is -2.12. The van der Waals surface area contributed by atoms with Gasteiger partial charge >= 0.3 is 0 Å². The fourth-order valence-corrected chi connectivity index (χ4v) is 4.06. The summed E-state index contributed by atoms with van der Waals surface area (Å²) in [4.78, 5) is 0.761. The number of nitrogens with one attached hydrogen (secondary N) is 1.